The fourth-order valence-corrected chi connectivity index (χ4v) is 4.75. The van der Waals surface area contributed by atoms with Crippen molar-refractivity contribution in [3.8, 4) is 6.01 Å². The standard InChI is InChI=1S/C14H16N6O6S2/c1-7-10(9(6-27-7)11-19-26-5-4-25-11)28(22,23)20-13(21)17-12-15-8(2)16-14(18-12)24-3/h6H,4-5H2,1-3H3,(H2,15,16,17,18,20,21). The van der Waals surface area contributed by atoms with Gasteiger partial charge >= 0.3 is 12.0 Å². The third-order valence-corrected chi connectivity index (χ3v) is 5.90. The van der Waals surface area contributed by atoms with E-state index in [-0.39, 0.29) is 47.4 Å². The van der Waals surface area contributed by atoms with E-state index in [9.17, 15) is 13.2 Å². The molecule has 2 aromatic rings. The molecule has 1 aliphatic heterocycles. The van der Waals surface area contributed by atoms with Crippen LogP contribution in [0.5, 0.6) is 6.01 Å². The average Bonchev–Trinajstić information content (AvgIpc) is 3.04. The second-order valence-electron chi connectivity index (χ2n) is 5.37. The van der Waals surface area contributed by atoms with Crippen LogP contribution >= 0.6 is 11.3 Å². The van der Waals surface area contributed by atoms with Crippen molar-refractivity contribution in [3.05, 3.63) is 21.6 Å². The van der Waals surface area contributed by atoms with Crippen LogP contribution in [0.4, 0.5) is 10.7 Å². The molecule has 28 heavy (non-hydrogen) atoms. The quantitative estimate of drug-likeness (QED) is 0.703. The van der Waals surface area contributed by atoms with Gasteiger partial charge in [0.25, 0.3) is 15.9 Å². The fourth-order valence-electron chi connectivity index (χ4n) is 2.26. The topological polar surface area (TPSA) is 154 Å². The van der Waals surface area contributed by atoms with Crippen LogP contribution in [0, 0.1) is 13.8 Å². The van der Waals surface area contributed by atoms with Crippen LogP contribution in [0.25, 0.3) is 0 Å². The van der Waals surface area contributed by atoms with Crippen LogP contribution in [0.2, 0.25) is 0 Å². The number of thiophene rings is 1. The molecule has 0 spiro atoms. The number of hydrogen-bond acceptors (Lipinski definition) is 11. The minimum atomic E-state index is -4.24. The smallest absolute Gasteiger partial charge is 0.335 e. The molecule has 2 N–H and O–H groups in total. The Morgan fingerprint density at radius 3 is 2.71 bits per heavy atom. The molecule has 12 nitrogen and oxygen atoms in total. The van der Waals surface area contributed by atoms with Gasteiger partial charge in [-0.1, -0.05) is 0 Å². The Labute approximate surface area is 164 Å². The van der Waals surface area contributed by atoms with Crippen molar-refractivity contribution in [1.29, 1.82) is 0 Å². The van der Waals surface area contributed by atoms with E-state index in [2.05, 4.69) is 25.4 Å². The third kappa shape index (κ3) is 4.28. The first-order valence-electron chi connectivity index (χ1n) is 7.82. The van der Waals surface area contributed by atoms with E-state index in [1.54, 1.807) is 19.2 Å². The first-order valence-corrected chi connectivity index (χ1v) is 10.2. The second-order valence-corrected chi connectivity index (χ2v) is 8.07. The van der Waals surface area contributed by atoms with Crippen molar-refractivity contribution < 1.29 is 27.5 Å². The first-order chi connectivity index (χ1) is 13.3. The summed E-state index contributed by atoms with van der Waals surface area (Å²) in [6, 6.07) is -1.07. The van der Waals surface area contributed by atoms with Gasteiger partial charge in [-0.15, -0.1) is 11.3 Å². The highest BCUT2D eigenvalue weighted by atomic mass is 32.2. The maximum Gasteiger partial charge on any atom is 0.335 e. The number of hydrogen-bond donors (Lipinski definition) is 2. The molecule has 0 fully saturated rings. The van der Waals surface area contributed by atoms with Crippen LogP contribution in [0.15, 0.2) is 15.4 Å². The number of carbonyl (C=O) groups is 1. The first kappa shape index (κ1) is 19.8. The number of methoxy groups -OCH3 is 1. The lowest BCUT2D eigenvalue weighted by Gasteiger charge is -2.14. The summed E-state index contributed by atoms with van der Waals surface area (Å²) >= 11 is 1.17. The molecule has 2 amide bonds. The van der Waals surface area contributed by atoms with Gasteiger partial charge in [0.15, 0.2) is 6.61 Å². The maximum absolute atomic E-state index is 12.8. The number of urea groups is 1. The summed E-state index contributed by atoms with van der Waals surface area (Å²) in [7, 11) is -2.89. The van der Waals surface area contributed by atoms with Gasteiger partial charge in [0.2, 0.25) is 5.95 Å². The summed E-state index contributed by atoms with van der Waals surface area (Å²) in [6.45, 7) is 3.68. The highest BCUT2D eigenvalue weighted by Crippen LogP contribution is 2.28. The van der Waals surface area contributed by atoms with Gasteiger partial charge in [0.1, 0.15) is 17.3 Å². The van der Waals surface area contributed by atoms with E-state index >= 15 is 0 Å². The lowest BCUT2D eigenvalue weighted by atomic mass is 10.3. The number of oxime groups is 1. The van der Waals surface area contributed by atoms with Crippen LogP contribution < -0.4 is 14.8 Å². The zero-order chi connectivity index (χ0) is 20.3. The molecule has 0 saturated heterocycles. The third-order valence-electron chi connectivity index (χ3n) is 3.34. The van der Waals surface area contributed by atoms with Gasteiger partial charge in [-0.3, -0.25) is 5.32 Å². The van der Waals surface area contributed by atoms with Crippen molar-refractivity contribution in [2.24, 2.45) is 5.16 Å². The van der Waals surface area contributed by atoms with Gasteiger partial charge in [0.05, 0.1) is 12.7 Å². The molecule has 0 unspecified atom stereocenters. The van der Waals surface area contributed by atoms with E-state index in [0.717, 1.165) is 0 Å². The lowest BCUT2D eigenvalue weighted by molar-refractivity contribution is 0.0654. The minimum absolute atomic E-state index is 0.0194. The van der Waals surface area contributed by atoms with E-state index < -0.39 is 16.1 Å². The largest absolute Gasteiger partial charge is 0.471 e. The van der Waals surface area contributed by atoms with Gasteiger partial charge in [-0.25, -0.2) is 17.9 Å². The highest BCUT2D eigenvalue weighted by Gasteiger charge is 2.29. The van der Waals surface area contributed by atoms with E-state index in [4.69, 9.17) is 14.3 Å². The number of anilines is 1. The molecule has 150 valence electrons. The van der Waals surface area contributed by atoms with Crippen LogP contribution in [-0.4, -0.2) is 55.6 Å². The monoisotopic (exact) mass is 428 g/mol. The normalized spacial score (nSPS) is 13.8. The number of aryl methyl sites for hydroxylation is 2. The second kappa shape index (κ2) is 7.93. The lowest BCUT2D eigenvalue weighted by Crippen LogP contribution is -2.36. The molecule has 0 bridgehead atoms. The van der Waals surface area contributed by atoms with Crippen molar-refractivity contribution in [1.82, 2.24) is 19.7 Å². The van der Waals surface area contributed by atoms with Crippen LogP contribution in [0.1, 0.15) is 16.3 Å². The number of nitrogens with zero attached hydrogens (tertiary/aromatic N) is 4. The van der Waals surface area contributed by atoms with Crippen molar-refractivity contribution in [2.75, 3.05) is 25.6 Å². The van der Waals surface area contributed by atoms with Gasteiger partial charge in [0, 0.05) is 10.3 Å². The Kier molecular flexibility index (Phi) is 5.60. The van der Waals surface area contributed by atoms with Gasteiger partial charge < -0.3 is 14.3 Å². The molecule has 1 aliphatic rings. The molecule has 0 saturated carbocycles. The van der Waals surface area contributed by atoms with E-state index in [0.29, 0.717) is 4.88 Å². The number of rotatable bonds is 5. The molecular weight excluding hydrogens is 412 g/mol. The SMILES string of the molecule is COc1nc(C)nc(NC(=O)NS(=O)(=O)c2c(C3=NOCCO3)csc2C)n1. The summed E-state index contributed by atoms with van der Waals surface area (Å²) in [5.41, 5.74) is 0.208. The number of carbonyl (C=O) groups excluding carboxylic acids is 1. The summed E-state index contributed by atoms with van der Waals surface area (Å²) in [6.07, 6.45) is 0. The van der Waals surface area contributed by atoms with Gasteiger partial charge in [-0.2, -0.15) is 15.0 Å². The molecule has 0 radical (unpaired) electrons. The summed E-state index contributed by atoms with van der Waals surface area (Å²) in [4.78, 5) is 29.1. The Bertz CT molecular complexity index is 1030. The number of aromatic nitrogens is 3. The molecule has 2 aromatic heterocycles. The van der Waals surface area contributed by atoms with Crippen molar-refractivity contribution in [3.63, 3.8) is 0 Å². The molecule has 3 heterocycles. The number of ether oxygens (including phenoxy) is 2. The molecule has 0 aliphatic carbocycles. The number of nitrogens with one attached hydrogen (secondary N) is 2. The highest BCUT2D eigenvalue weighted by molar-refractivity contribution is 7.90. The Morgan fingerprint density at radius 2 is 2.04 bits per heavy atom. The minimum Gasteiger partial charge on any atom is -0.471 e. The Morgan fingerprint density at radius 1 is 1.25 bits per heavy atom. The van der Waals surface area contributed by atoms with E-state index in [1.807, 2.05) is 4.72 Å². The molecule has 3 rings (SSSR count). The number of amides is 2. The summed E-state index contributed by atoms with van der Waals surface area (Å²) < 4.78 is 37.7. The molecular formula is C14H16N6O6S2. The zero-order valence-corrected chi connectivity index (χ0v) is 16.7. The summed E-state index contributed by atoms with van der Waals surface area (Å²) in [5, 5.41) is 7.54. The van der Waals surface area contributed by atoms with Crippen molar-refractivity contribution in [2.45, 2.75) is 18.7 Å². The predicted molar refractivity (Wildman–Crippen MR) is 98.0 cm³/mol. The predicted octanol–water partition coefficient (Wildman–Crippen LogP) is 0.777. The Hall–Kier alpha value is -3.00. The molecule has 0 atom stereocenters. The number of sulfonamides is 1. The zero-order valence-electron chi connectivity index (χ0n) is 15.0. The van der Waals surface area contributed by atoms with Crippen LogP contribution in [0.3, 0.4) is 0 Å². The average molecular weight is 428 g/mol. The summed E-state index contributed by atoms with van der Waals surface area (Å²) in [5.74, 6) is 0.162. The van der Waals surface area contributed by atoms with Crippen molar-refractivity contribution >= 4 is 39.2 Å². The van der Waals surface area contributed by atoms with Gasteiger partial charge in [-0.05, 0) is 19.0 Å². The van der Waals surface area contributed by atoms with E-state index in [1.165, 1.54) is 18.4 Å². The Balaban J connectivity index is 1.83. The van der Waals surface area contributed by atoms with Crippen LogP contribution in [-0.2, 0) is 19.6 Å². The molecule has 14 heteroatoms. The fraction of sp³-hybridized carbons (Fsp3) is 0.357. The maximum atomic E-state index is 12.8. The molecule has 0 aromatic carbocycles.